The number of nitrogens with zero attached hydrogens (tertiary/aromatic N) is 2. The molecular weight excluding hydrogens is 506 g/mol. The highest BCUT2D eigenvalue weighted by Gasteiger charge is 2.49. The number of amides is 1. The summed E-state index contributed by atoms with van der Waals surface area (Å²) >= 11 is 1.37. The zero-order valence-electron chi connectivity index (χ0n) is 20.2. The van der Waals surface area contributed by atoms with Crippen molar-refractivity contribution in [1.29, 1.82) is 0 Å². The van der Waals surface area contributed by atoms with Gasteiger partial charge in [0, 0.05) is 42.5 Å². The molecule has 0 saturated carbocycles. The van der Waals surface area contributed by atoms with Crippen molar-refractivity contribution in [3.63, 3.8) is 0 Å². The predicted molar refractivity (Wildman–Crippen MR) is 144 cm³/mol. The lowest BCUT2D eigenvalue weighted by Gasteiger charge is -2.39. The van der Waals surface area contributed by atoms with Gasteiger partial charge in [-0.3, -0.25) is 9.10 Å². The summed E-state index contributed by atoms with van der Waals surface area (Å²) in [5.41, 5.74) is 9.16. The SMILES string of the molecule is NCc1ccc2c(c1)C1(CCN(C(=O)c3ccc(-c4ccccc4)o3)CC1)CN2S(=O)(=O)c1ccsc1. The van der Waals surface area contributed by atoms with E-state index in [2.05, 4.69) is 6.07 Å². The average molecular weight is 534 g/mol. The number of thiophene rings is 1. The Morgan fingerprint density at radius 1 is 1.03 bits per heavy atom. The molecule has 2 aromatic heterocycles. The normalized spacial score (nSPS) is 16.8. The molecular formula is C28H27N3O4S2. The number of anilines is 1. The van der Waals surface area contributed by atoms with Crippen molar-refractivity contribution in [1.82, 2.24) is 4.90 Å². The lowest BCUT2D eigenvalue weighted by atomic mass is 9.74. The molecule has 9 heteroatoms. The number of hydrogen-bond donors (Lipinski definition) is 1. The molecule has 1 saturated heterocycles. The van der Waals surface area contributed by atoms with Crippen molar-refractivity contribution < 1.29 is 17.6 Å². The van der Waals surface area contributed by atoms with E-state index < -0.39 is 10.0 Å². The number of piperidine rings is 1. The maximum absolute atomic E-state index is 13.5. The third-order valence-electron chi connectivity index (χ3n) is 7.55. The van der Waals surface area contributed by atoms with Gasteiger partial charge in [0.1, 0.15) is 5.76 Å². The Balaban J connectivity index is 1.26. The number of carbonyl (C=O) groups is 1. The highest BCUT2D eigenvalue weighted by molar-refractivity contribution is 7.93. The van der Waals surface area contributed by atoms with Crippen LogP contribution < -0.4 is 10.0 Å². The van der Waals surface area contributed by atoms with E-state index in [1.165, 1.54) is 11.3 Å². The molecule has 2 aliphatic heterocycles. The van der Waals surface area contributed by atoms with Gasteiger partial charge in [-0.05, 0) is 53.6 Å². The van der Waals surface area contributed by atoms with Crippen LogP contribution in [0.25, 0.3) is 11.3 Å². The van der Waals surface area contributed by atoms with Crippen LogP contribution >= 0.6 is 11.3 Å². The number of fused-ring (bicyclic) bond motifs is 2. The van der Waals surface area contributed by atoms with E-state index in [1.54, 1.807) is 32.1 Å². The van der Waals surface area contributed by atoms with Gasteiger partial charge in [0.2, 0.25) is 0 Å². The first-order valence-corrected chi connectivity index (χ1v) is 14.6. The summed E-state index contributed by atoms with van der Waals surface area (Å²) in [5, 5.41) is 3.45. The number of rotatable bonds is 5. The highest BCUT2D eigenvalue weighted by atomic mass is 32.2. The van der Waals surface area contributed by atoms with Gasteiger partial charge < -0.3 is 15.1 Å². The lowest BCUT2D eigenvalue weighted by Crippen LogP contribution is -2.47. The Kier molecular flexibility index (Phi) is 5.94. The predicted octanol–water partition coefficient (Wildman–Crippen LogP) is 4.85. The first-order chi connectivity index (χ1) is 17.9. The summed E-state index contributed by atoms with van der Waals surface area (Å²) in [5.74, 6) is 0.827. The van der Waals surface area contributed by atoms with Crippen molar-refractivity contribution in [2.45, 2.75) is 29.7 Å². The Morgan fingerprint density at radius 2 is 1.81 bits per heavy atom. The molecule has 37 heavy (non-hydrogen) atoms. The summed E-state index contributed by atoms with van der Waals surface area (Å²) in [7, 11) is -3.68. The second kappa shape index (κ2) is 9.16. The fourth-order valence-electron chi connectivity index (χ4n) is 5.47. The maximum Gasteiger partial charge on any atom is 0.289 e. The molecule has 0 bridgehead atoms. The fraction of sp³-hybridized carbons (Fsp3) is 0.250. The number of nitrogens with two attached hydrogens (primary N) is 1. The summed E-state index contributed by atoms with van der Waals surface area (Å²) < 4.78 is 34.5. The smallest absolute Gasteiger partial charge is 0.289 e. The second-order valence-corrected chi connectivity index (χ2v) is 12.3. The van der Waals surface area contributed by atoms with Crippen molar-refractivity contribution in [2.24, 2.45) is 5.73 Å². The van der Waals surface area contributed by atoms with Crippen molar-refractivity contribution in [3.05, 3.63) is 94.4 Å². The maximum atomic E-state index is 13.5. The van der Waals surface area contributed by atoms with E-state index in [9.17, 15) is 13.2 Å². The molecule has 4 aromatic rings. The number of carbonyl (C=O) groups excluding carboxylic acids is 1. The van der Waals surface area contributed by atoms with Crippen LogP contribution in [0.15, 0.2) is 86.8 Å². The summed E-state index contributed by atoms with van der Waals surface area (Å²) in [6.07, 6.45) is 1.31. The van der Waals surface area contributed by atoms with E-state index in [1.807, 2.05) is 48.5 Å². The average Bonchev–Trinajstić information content (AvgIpc) is 3.70. The minimum absolute atomic E-state index is 0.145. The van der Waals surface area contributed by atoms with Gasteiger partial charge in [-0.2, -0.15) is 11.3 Å². The number of hydrogen-bond acceptors (Lipinski definition) is 6. The van der Waals surface area contributed by atoms with E-state index >= 15 is 0 Å². The van der Waals surface area contributed by atoms with E-state index in [-0.39, 0.29) is 11.3 Å². The molecule has 0 aliphatic carbocycles. The van der Waals surface area contributed by atoms with Crippen molar-refractivity contribution in [2.75, 3.05) is 23.9 Å². The Hall–Kier alpha value is -3.40. The zero-order valence-corrected chi connectivity index (χ0v) is 21.8. The molecule has 2 aromatic carbocycles. The quantitative estimate of drug-likeness (QED) is 0.396. The molecule has 1 fully saturated rings. The summed E-state index contributed by atoms with van der Waals surface area (Å²) in [6.45, 7) is 1.76. The van der Waals surface area contributed by atoms with Gasteiger partial charge in [-0.25, -0.2) is 8.42 Å². The summed E-state index contributed by atoms with van der Waals surface area (Å²) in [4.78, 5) is 15.4. The number of sulfonamides is 1. The molecule has 1 amide bonds. The van der Waals surface area contributed by atoms with Gasteiger partial charge in [-0.15, -0.1) is 0 Å². The topological polar surface area (TPSA) is 96.8 Å². The first kappa shape index (κ1) is 24.0. The van der Waals surface area contributed by atoms with Gasteiger partial charge in [0.25, 0.3) is 15.9 Å². The van der Waals surface area contributed by atoms with Crippen LogP contribution in [0.2, 0.25) is 0 Å². The van der Waals surface area contributed by atoms with Crippen LogP contribution in [0.1, 0.15) is 34.5 Å². The molecule has 2 aliphatic rings. The molecule has 0 unspecified atom stereocenters. The van der Waals surface area contributed by atoms with E-state index in [0.717, 1.165) is 16.7 Å². The molecule has 1 spiro atoms. The van der Waals surface area contributed by atoms with Crippen LogP contribution in [-0.4, -0.2) is 38.9 Å². The molecule has 190 valence electrons. The number of furan rings is 1. The van der Waals surface area contributed by atoms with Crippen LogP contribution in [0.3, 0.4) is 0 Å². The van der Waals surface area contributed by atoms with Gasteiger partial charge in [0.15, 0.2) is 5.76 Å². The number of likely N-dealkylation sites (tertiary alicyclic amines) is 1. The van der Waals surface area contributed by atoms with Crippen molar-refractivity contribution in [3.8, 4) is 11.3 Å². The van der Waals surface area contributed by atoms with Crippen LogP contribution in [0.5, 0.6) is 0 Å². The molecule has 7 nitrogen and oxygen atoms in total. The van der Waals surface area contributed by atoms with Crippen LogP contribution in [-0.2, 0) is 22.0 Å². The monoisotopic (exact) mass is 533 g/mol. The standard InChI is InChI=1S/C28H27N3O4S2/c29-17-20-6-7-24-23(16-20)28(19-31(24)37(33,34)22-10-15-36-18-22)11-13-30(14-12-28)27(32)26-9-8-25(35-26)21-4-2-1-3-5-21/h1-10,15-16,18H,11-14,17,19,29H2. The number of benzene rings is 2. The molecule has 0 atom stereocenters. The molecule has 2 N–H and O–H groups in total. The van der Waals surface area contributed by atoms with Gasteiger partial charge >= 0.3 is 0 Å². The molecule has 4 heterocycles. The van der Waals surface area contributed by atoms with E-state index in [0.29, 0.717) is 61.1 Å². The highest BCUT2D eigenvalue weighted by Crippen LogP contribution is 2.49. The second-order valence-electron chi connectivity index (χ2n) is 9.63. The third-order valence-corrected chi connectivity index (χ3v) is 10.1. The summed E-state index contributed by atoms with van der Waals surface area (Å²) in [6, 6.07) is 20.7. The van der Waals surface area contributed by atoms with Gasteiger partial charge in [-0.1, -0.05) is 42.5 Å². The zero-order chi connectivity index (χ0) is 25.6. The van der Waals surface area contributed by atoms with Crippen molar-refractivity contribution >= 4 is 33.0 Å². The third kappa shape index (κ3) is 4.07. The van der Waals surface area contributed by atoms with Crippen LogP contribution in [0, 0.1) is 0 Å². The van der Waals surface area contributed by atoms with Gasteiger partial charge in [0.05, 0.1) is 10.6 Å². The lowest BCUT2D eigenvalue weighted by molar-refractivity contribution is 0.0644. The first-order valence-electron chi connectivity index (χ1n) is 12.2. The fourth-order valence-corrected chi connectivity index (χ4v) is 8.06. The molecule has 6 rings (SSSR count). The Labute approximate surface area is 220 Å². The van der Waals surface area contributed by atoms with E-state index in [4.69, 9.17) is 10.2 Å². The Bertz CT molecular complexity index is 1540. The minimum atomic E-state index is -3.68. The Morgan fingerprint density at radius 3 is 2.51 bits per heavy atom. The molecule has 0 radical (unpaired) electrons. The largest absolute Gasteiger partial charge is 0.451 e. The van der Waals surface area contributed by atoms with Crippen LogP contribution in [0.4, 0.5) is 5.69 Å². The minimum Gasteiger partial charge on any atom is -0.451 e.